The summed E-state index contributed by atoms with van der Waals surface area (Å²) < 4.78 is 5.23. The minimum absolute atomic E-state index is 0.591. The summed E-state index contributed by atoms with van der Waals surface area (Å²) in [5.41, 5.74) is 3.86. The Morgan fingerprint density at radius 2 is 2.29 bits per heavy atom. The number of nitrogens with zero attached hydrogens (tertiary/aromatic N) is 1. The zero-order valence-electron chi connectivity index (χ0n) is 10.6. The van der Waals surface area contributed by atoms with Crippen LogP contribution in [0.15, 0.2) is 18.2 Å². The highest BCUT2D eigenvalue weighted by molar-refractivity contribution is 6.17. The van der Waals surface area contributed by atoms with Crippen LogP contribution in [0.4, 0.5) is 5.69 Å². The fourth-order valence-corrected chi connectivity index (χ4v) is 2.74. The molecule has 0 N–H and O–H groups in total. The maximum absolute atomic E-state index is 5.85. The Hall–Kier alpha value is -0.730. The van der Waals surface area contributed by atoms with Gasteiger partial charge in [0.25, 0.3) is 0 Å². The monoisotopic (exact) mass is 253 g/mol. The van der Waals surface area contributed by atoms with Crippen LogP contribution < -0.4 is 4.90 Å². The lowest BCUT2D eigenvalue weighted by Crippen LogP contribution is -2.21. The first-order valence-electron chi connectivity index (χ1n) is 6.14. The van der Waals surface area contributed by atoms with Crippen LogP contribution in [0.25, 0.3) is 0 Å². The smallest absolute Gasteiger partial charge is 0.0508 e. The van der Waals surface area contributed by atoms with Crippen LogP contribution >= 0.6 is 11.6 Å². The SMILES string of the molecule is COCC1CCN(c2ccc(CCl)cc2C)C1. The van der Waals surface area contributed by atoms with Crippen molar-refractivity contribution in [1.29, 1.82) is 0 Å². The van der Waals surface area contributed by atoms with E-state index >= 15 is 0 Å². The van der Waals surface area contributed by atoms with E-state index in [4.69, 9.17) is 16.3 Å². The lowest BCUT2D eigenvalue weighted by Gasteiger charge is -2.21. The van der Waals surface area contributed by atoms with E-state index in [0.717, 1.165) is 19.7 Å². The molecule has 0 aliphatic carbocycles. The summed E-state index contributed by atoms with van der Waals surface area (Å²) in [6.45, 7) is 5.27. The summed E-state index contributed by atoms with van der Waals surface area (Å²) in [7, 11) is 1.78. The number of hydrogen-bond acceptors (Lipinski definition) is 2. The molecule has 1 fully saturated rings. The lowest BCUT2D eigenvalue weighted by atomic mass is 10.1. The second-order valence-electron chi connectivity index (χ2n) is 4.81. The summed E-state index contributed by atoms with van der Waals surface area (Å²) in [5, 5.41) is 0. The van der Waals surface area contributed by atoms with Crippen molar-refractivity contribution in [2.75, 3.05) is 31.7 Å². The van der Waals surface area contributed by atoms with E-state index in [2.05, 4.69) is 30.0 Å². The first-order valence-corrected chi connectivity index (χ1v) is 6.67. The van der Waals surface area contributed by atoms with Gasteiger partial charge in [-0.05, 0) is 30.5 Å². The number of halogens is 1. The van der Waals surface area contributed by atoms with Crippen LogP contribution in [0.1, 0.15) is 17.5 Å². The molecule has 1 unspecified atom stereocenters. The number of aryl methyl sites for hydroxylation is 1. The summed E-state index contributed by atoms with van der Waals surface area (Å²) in [5.74, 6) is 1.26. The summed E-state index contributed by atoms with van der Waals surface area (Å²) >= 11 is 5.85. The van der Waals surface area contributed by atoms with E-state index < -0.39 is 0 Å². The molecule has 0 saturated carbocycles. The van der Waals surface area contributed by atoms with Gasteiger partial charge in [0.1, 0.15) is 0 Å². The van der Waals surface area contributed by atoms with E-state index in [1.807, 2.05) is 0 Å². The third kappa shape index (κ3) is 2.93. The summed E-state index contributed by atoms with van der Waals surface area (Å²) in [6, 6.07) is 6.51. The van der Waals surface area contributed by atoms with Gasteiger partial charge in [0.05, 0.1) is 6.61 Å². The zero-order valence-corrected chi connectivity index (χ0v) is 11.3. The van der Waals surface area contributed by atoms with Crippen molar-refractivity contribution in [3.05, 3.63) is 29.3 Å². The molecule has 0 spiro atoms. The van der Waals surface area contributed by atoms with Gasteiger partial charge in [-0.3, -0.25) is 0 Å². The predicted octanol–water partition coefficient (Wildman–Crippen LogP) is 3.21. The summed E-state index contributed by atoms with van der Waals surface area (Å²) in [6.07, 6.45) is 1.23. The van der Waals surface area contributed by atoms with Crippen molar-refractivity contribution in [2.24, 2.45) is 5.92 Å². The van der Waals surface area contributed by atoms with Gasteiger partial charge in [-0.15, -0.1) is 11.6 Å². The standard InChI is InChI=1S/C14H20ClNO/c1-11-7-12(8-15)3-4-14(11)16-6-5-13(9-16)10-17-2/h3-4,7,13H,5-6,8-10H2,1-2H3. The molecule has 0 aromatic heterocycles. The molecule has 1 aromatic rings. The number of benzene rings is 1. The van der Waals surface area contributed by atoms with E-state index in [-0.39, 0.29) is 0 Å². The van der Waals surface area contributed by atoms with Crippen LogP contribution in [0.3, 0.4) is 0 Å². The van der Waals surface area contributed by atoms with Gasteiger partial charge in [-0.25, -0.2) is 0 Å². The number of hydrogen-bond donors (Lipinski definition) is 0. The van der Waals surface area contributed by atoms with Crippen molar-refractivity contribution in [2.45, 2.75) is 19.2 Å². The van der Waals surface area contributed by atoms with Gasteiger partial charge in [-0.2, -0.15) is 0 Å². The predicted molar refractivity (Wildman–Crippen MR) is 72.9 cm³/mol. The molecule has 1 aliphatic rings. The van der Waals surface area contributed by atoms with Crippen molar-refractivity contribution in [3.8, 4) is 0 Å². The first-order chi connectivity index (χ1) is 8.24. The molecule has 1 atom stereocenters. The van der Waals surface area contributed by atoms with Gasteiger partial charge in [0, 0.05) is 37.7 Å². The Balaban J connectivity index is 2.08. The first kappa shape index (κ1) is 12.7. The van der Waals surface area contributed by atoms with Crippen LogP contribution in [0.5, 0.6) is 0 Å². The quantitative estimate of drug-likeness (QED) is 0.764. The molecular weight excluding hydrogens is 234 g/mol. The Labute approximate surface area is 109 Å². The fourth-order valence-electron chi connectivity index (χ4n) is 2.58. The van der Waals surface area contributed by atoms with Gasteiger partial charge in [0.2, 0.25) is 0 Å². The van der Waals surface area contributed by atoms with Crippen LogP contribution in [0, 0.1) is 12.8 Å². The molecular formula is C14H20ClNO. The average Bonchev–Trinajstić information content (AvgIpc) is 2.78. The highest BCUT2D eigenvalue weighted by Gasteiger charge is 2.23. The Morgan fingerprint density at radius 3 is 2.94 bits per heavy atom. The largest absolute Gasteiger partial charge is 0.384 e. The molecule has 1 aromatic carbocycles. The van der Waals surface area contributed by atoms with E-state index in [0.29, 0.717) is 11.8 Å². The van der Waals surface area contributed by atoms with Crippen LogP contribution in [-0.4, -0.2) is 26.8 Å². The molecule has 2 nitrogen and oxygen atoms in total. The second kappa shape index (κ2) is 5.74. The van der Waals surface area contributed by atoms with E-state index in [1.165, 1.54) is 23.2 Å². The molecule has 0 bridgehead atoms. The van der Waals surface area contributed by atoms with Crippen molar-refractivity contribution in [3.63, 3.8) is 0 Å². The highest BCUT2D eigenvalue weighted by atomic mass is 35.5. The molecule has 2 rings (SSSR count). The molecule has 0 amide bonds. The van der Waals surface area contributed by atoms with Crippen molar-refractivity contribution >= 4 is 17.3 Å². The topological polar surface area (TPSA) is 12.5 Å². The highest BCUT2D eigenvalue weighted by Crippen LogP contribution is 2.27. The van der Waals surface area contributed by atoms with Crippen LogP contribution in [0.2, 0.25) is 0 Å². The molecule has 1 aliphatic heterocycles. The number of anilines is 1. The van der Waals surface area contributed by atoms with Gasteiger partial charge in [0.15, 0.2) is 0 Å². The number of alkyl halides is 1. The zero-order chi connectivity index (χ0) is 12.3. The Kier molecular flexibility index (Phi) is 4.30. The van der Waals surface area contributed by atoms with Gasteiger partial charge in [-0.1, -0.05) is 12.1 Å². The normalized spacial score (nSPS) is 19.9. The number of rotatable bonds is 4. The van der Waals surface area contributed by atoms with Gasteiger partial charge < -0.3 is 9.64 Å². The molecule has 17 heavy (non-hydrogen) atoms. The third-order valence-electron chi connectivity index (χ3n) is 3.44. The molecule has 3 heteroatoms. The lowest BCUT2D eigenvalue weighted by molar-refractivity contribution is 0.161. The second-order valence-corrected chi connectivity index (χ2v) is 5.08. The van der Waals surface area contributed by atoms with Crippen LogP contribution in [-0.2, 0) is 10.6 Å². The summed E-state index contributed by atoms with van der Waals surface area (Å²) in [4.78, 5) is 2.46. The minimum Gasteiger partial charge on any atom is -0.384 e. The molecule has 94 valence electrons. The third-order valence-corrected chi connectivity index (χ3v) is 3.75. The number of ether oxygens (including phenoxy) is 1. The number of methoxy groups -OCH3 is 1. The van der Waals surface area contributed by atoms with Crippen molar-refractivity contribution < 1.29 is 4.74 Å². The van der Waals surface area contributed by atoms with Crippen molar-refractivity contribution in [1.82, 2.24) is 0 Å². The van der Waals surface area contributed by atoms with Gasteiger partial charge >= 0.3 is 0 Å². The van der Waals surface area contributed by atoms with E-state index in [1.54, 1.807) is 7.11 Å². The molecule has 1 heterocycles. The van der Waals surface area contributed by atoms with E-state index in [9.17, 15) is 0 Å². The Bertz CT molecular complexity index is 380. The Morgan fingerprint density at radius 1 is 1.47 bits per heavy atom. The molecule has 1 saturated heterocycles. The maximum atomic E-state index is 5.85. The molecule has 0 radical (unpaired) electrons. The fraction of sp³-hybridized carbons (Fsp3) is 0.571. The minimum atomic E-state index is 0.591. The average molecular weight is 254 g/mol. The maximum Gasteiger partial charge on any atom is 0.0508 e.